The lowest BCUT2D eigenvalue weighted by atomic mass is 10.2. The number of carbonyl (C=O) groups is 1. The van der Waals surface area contributed by atoms with Gasteiger partial charge in [0.15, 0.2) is 0 Å². The predicted octanol–water partition coefficient (Wildman–Crippen LogP) is 5.52. The van der Waals surface area contributed by atoms with E-state index in [0.717, 1.165) is 5.56 Å². The second kappa shape index (κ2) is 12.1. The van der Waals surface area contributed by atoms with E-state index >= 15 is 0 Å². The molecule has 0 aliphatic rings. The molecular formula is C28H26ClN3O7S2. The summed E-state index contributed by atoms with van der Waals surface area (Å²) < 4.78 is 66.5. The highest BCUT2D eigenvalue weighted by molar-refractivity contribution is 7.93. The Kier molecular flexibility index (Phi) is 8.76. The number of carbonyl (C=O) groups excluding carboxylic acids is 1. The van der Waals surface area contributed by atoms with Crippen molar-refractivity contribution >= 4 is 54.6 Å². The van der Waals surface area contributed by atoms with Crippen LogP contribution in [0.2, 0.25) is 5.02 Å². The third kappa shape index (κ3) is 7.09. The van der Waals surface area contributed by atoms with Gasteiger partial charge in [-0.3, -0.25) is 14.2 Å². The average molecular weight is 616 g/mol. The maximum Gasteiger partial charge on any atom is 0.262 e. The first kappa shape index (κ1) is 29.7. The summed E-state index contributed by atoms with van der Waals surface area (Å²) in [6, 6.07) is 20.7. The van der Waals surface area contributed by atoms with Crippen LogP contribution in [-0.4, -0.2) is 37.0 Å². The summed E-state index contributed by atoms with van der Waals surface area (Å²) in [5.41, 5.74) is 1.72. The van der Waals surface area contributed by atoms with Crippen molar-refractivity contribution in [3.63, 3.8) is 0 Å². The Labute approximate surface area is 243 Å². The summed E-state index contributed by atoms with van der Waals surface area (Å²) in [4.78, 5) is 12.8. The highest BCUT2D eigenvalue weighted by atomic mass is 35.5. The van der Waals surface area contributed by atoms with Gasteiger partial charge in [-0.1, -0.05) is 29.3 Å². The molecule has 0 aliphatic carbocycles. The quantitative estimate of drug-likeness (QED) is 0.213. The fourth-order valence-electron chi connectivity index (χ4n) is 3.68. The van der Waals surface area contributed by atoms with Gasteiger partial charge >= 0.3 is 0 Å². The van der Waals surface area contributed by atoms with Crippen molar-refractivity contribution in [2.45, 2.75) is 16.7 Å². The van der Waals surface area contributed by atoms with Crippen LogP contribution in [0.3, 0.4) is 0 Å². The lowest BCUT2D eigenvalue weighted by Crippen LogP contribution is -2.15. The third-order valence-corrected chi connectivity index (χ3v) is 8.96. The van der Waals surface area contributed by atoms with Crippen LogP contribution in [0.25, 0.3) is 0 Å². The number of rotatable bonds is 10. The van der Waals surface area contributed by atoms with Gasteiger partial charge in [0.05, 0.1) is 40.4 Å². The van der Waals surface area contributed by atoms with Crippen LogP contribution in [-0.2, 0) is 20.0 Å². The van der Waals surface area contributed by atoms with Gasteiger partial charge in [-0.25, -0.2) is 16.8 Å². The molecule has 4 aromatic rings. The lowest BCUT2D eigenvalue weighted by molar-refractivity contribution is 0.102. The minimum Gasteiger partial charge on any atom is -0.497 e. The van der Waals surface area contributed by atoms with Crippen molar-refractivity contribution in [2.75, 3.05) is 29.0 Å². The summed E-state index contributed by atoms with van der Waals surface area (Å²) in [6.45, 7) is 1.85. The van der Waals surface area contributed by atoms with Crippen LogP contribution in [0, 0.1) is 6.92 Å². The number of methoxy groups -OCH3 is 2. The van der Waals surface area contributed by atoms with E-state index in [4.69, 9.17) is 21.1 Å². The Hall–Kier alpha value is -4.26. The maximum absolute atomic E-state index is 12.9. The molecule has 0 fully saturated rings. The van der Waals surface area contributed by atoms with Crippen molar-refractivity contribution in [2.24, 2.45) is 0 Å². The standard InChI is InChI=1S/C28H26ClN3O7S2/c1-18-4-10-22(11-5-18)40(34,35)31-25-14-6-19(16-24(25)29)28(33)30-20-7-12-23(13-8-20)41(36,37)32-26-17-21(38-2)9-15-27(26)39-3/h4-17,31-32H,1-3H3,(H,30,33). The number of nitrogens with one attached hydrogen (secondary N) is 3. The maximum atomic E-state index is 12.9. The monoisotopic (exact) mass is 615 g/mol. The minimum atomic E-state index is -3.99. The number of hydrogen-bond donors (Lipinski definition) is 3. The Morgan fingerprint density at radius 1 is 0.707 bits per heavy atom. The summed E-state index contributed by atoms with van der Waals surface area (Å²) in [7, 11) is -4.99. The summed E-state index contributed by atoms with van der Waals surface area (Å²) in [5.74, 6) is 0.221. The first-order chi connectivity index (χ1) is 19.4. The second-order valence-corrected chi connectivity index (χ2v) is 12.5. The molecular weight excluding hydrogens is 590 g/mol. The van der Waals surface area contributed by atoms with Crippen molar-refractivity contribution in [3.8, 4) is 11.5 Å². The van der Waals surface area contributed by atoms with E-state index in [-0.39, 0.29) is 31.8 Å². The van der Waals surface area contributed by atoms with Crippen LogP contribution in [0.1, 0.15) is 15.9 Å². The molecule has 214 valence electrons. The van der Waals surface area contributed by atoms with Crippen molar-refractivity contribution in [1.29, 1.82) is 0 Å². The average Bonchev–Trinajstić information content (AvgIpc) is 2.94. The number of halogens is 1. The molecule has 3 N–H and O–H groups in total. The predicted molar refractivity (Wildman–Crippen MR) is 158 cm³/mol. The molecule has 0 radical (unpaired) electrons. The number of anilines is 3. The first-order valence-corrected chi connectivity index (χ1v) is 15.3. The fraction of sp³-hybridized carbons (Fsp3) is 0.107. The topological polar surface area (TPSA) is 140 Å². The second-order valence-electron chi connectivity index (χ2n) is 8.76. The molecule has 41 heavy (non-hydrogen) atoms. The van der Waals surface area contributed by atoms with Gasteiger partial charge < -0.3 is 14.8 Å². The summed E-state index contributed by atoms with van der Waals surface area (Å²) in [5, 5.41) is 2.68. The van der Waals surface area contributed by atoms with E-state index in [0.29, 0.717) is 17.2 Å². The van der Waals surface area contributed by atoms with E-state index in [9.17, 15) is 21.6 Å². The van der Waals surface area contributed by atoms with Crippen molar-refractivity contribution in [1.82, 2.24) is 0 Å². The van der Waals surface area contributed by atoms with Crippen LogP contribution in [0.5, 0.6) is 11.5 Å². The van der Waals surface area contributed by atoms with Crippen LogP contribution in [0.15, 0.2) is 94.7 Å². The van der Waals surface area contributed by atoms with Gasteiger partial charge in [0, 0.05) is 17.3 Å². The highest BCUT2D eigenvalue weighted by Crippen LogP contribution is 2.31. The third-order valence-electron chi connectivity index (χ3n) is 5.88. The van der Waals surface area contributed by atoms with Gasteiger partial charge in [0.25, 0.3) is 26.0 Å². The van der Waals surface area contributed by atoms with E-state index in [1.807, 2.05) is 6.92 Å². The van der Waals surface area contributed by atoms with Gasteiger partial charge in [0.1, 0.15) is 11.5 Å². The Balaban J connectivity index is 1.45. The van der Waals surface area contributed by atoms with Gasteiger partial charge in [-0.15, -0.1) is 0 Å². The molecule has 0 saturated heterocycles. The van der Waals surface area contributed by atoms with Gasteiger partial charge in [-0.05, 0) is 73.7 Å². The normalized spacial score (nSPS) is 11.4. The largest absolute Gasteiger partial charge is 0.497 e. The number of hydrogen-bond acceptors (Lipinski definition) is 7. The van der Waals surface area contributed by atoms with Gasteiger partial charge in [-0.2, -0.15) is 0 Å². The SMILES string of the molecule is COc1ccc(OC)c(NS(=O)(=O)c2ccc(NC(=O)c3ccc(NS(=O)(=O)c4ccc(C)cc4)c(Cl)c3)cc2)c1. The molecule has 0 heterocycles. The zero-order valence-electron chi connectivity index (χ0n) is 22.1. The Morgan fingerprint density at radius 3 is 1.85 bits per heavy atom. The molecule has 1 amide bonds. The molecule has 0 bridgehead atoms. The number of ether oxygens (including phenoxy) is 2. The number of amides is 1. The molecule has 0 unspecified atom stereocenters. The first-order valence-electron chi connectivity index (χ1n) is 12.0. The zero-order chi connectivity index (χ0) is 29.8. The summed E-state index contributed by atoms with van der Waals surface area (Å²) >= 11 is 6.28. The van der Waals surface area contributed by atoms with E-state index < -0.39 is 26.0 Å². The lowest BCUT2D eigenvalue weighted by Gasteiger charge is -2.14. The zero-order valence-corrected chi connectivity index (χ0v) is 24.5. The van der Waals surface area contributed by atoms with Crippen LogP contribution < -0.4 is 24.2 Å². The fourth-order valence-corrected chi connectivity index (χ4v) is 6.10. The van der Waals surface area contributed by atoms with Gasteiger partial charge in [0.2, 0.25) is 0 Å². The Bertz CT molecular complexity index is 1790. The number of aryl methyl sites for hydroxylation is 1. The summed E-state index contributed by atoms with van der Waals surface area (Å²) in [6.07, 6.45) is 0. The number of benzene rings is 4. The van der Waals surface area contributed by atoms with E-state index in [1.54, 1.807) is 24.3 Å². The molecule has 10 nitrogen and oxygen atoms in total. The molecule has 0 spiro atoms. The van der Waals surface area contributed by atoms with Crippen molar-refractivity contribution < 1.29 is 31.1 Å². The molecule has 0 aliphatic heterocycles. The van der Waals surface area contributed by atoms with E-state index in [1.165, 1.54) is 74.9 Å². The molecule has 4 rings (SSSR count). The molecule has 0 aromatic heterocycles. The van der Waals surface area contributed by atoms with Crippen LogP contribution in [0.4, 0.5) is 17.1 Å². The smallest absolute Gasteiger partial charge is 0.262 e. The Morgan fingerprint density at radius 2 is 1.29 bits per heavy atom. The molecule has 4 aromatic carbocycles. The molecule has 0 atom stereocenters. The highest BCUT2D eigenvalue weighted by Gasteiger charge is 2.19. The number of sulfonamides is 2. The molecule has 0 saturated carbocycles. The minimum absolute atomic E-state index is 0.0221. The molecule has 13 heteroatoms. The van der Waals surface area contributed by atoms with Crippen molar-refractivity contribution in [3.05, 3.63) is 101 Å². The van der Waals surface area contributed by atoms with Crippen LogP contribution >= 0.6 is 11.6 Å². The van der Waals surface area contributed by atoms with E-state index in [2.05, 4.69) is 14.8 Å².